The van der Waals surface area contributed by atoms with Gasteiger partial charge < -0.3 is 14.8 Å². The molecule has 3 aromatic rings. The van der Waals surface area contributed by atoms with E-state index in [1.807, 2.05) is 6.07 Å². The average molecular weight is 320 g/mol. The molecule has 1 unspecified atom stereocenters. The Balaban J connectivity index is 1.58. The summed E-state index contributed by atoms with van der Waals surface area (Å²) >= 11 is 0. The van der Waals surface area contributed by atoms with Gasteiger partial charge in [-0.05, 0) is 29.5 Å². The molecule has 0 radical (unpaired) electrons. The van der Waals surface area contributed by atoms with Crippen LogP contribution >= 0.6 is 0 Å². The number of pyridine rings is 1. The third-order valence-electron chi connectivity index (χ3n) is 3.89. The van der Waals surface area contributed by atoms with E-state index in [1.165, 1.54) is 0 Å². The van der Waals surface area contributed by atoms with Crippen molar-refractivity contribution in [2.24, 2.45) is 0 Å². The molecule has 0 saturated carbocycles. The molecule has 6 nitrogen and oxygen atoms in total. The Labute approximate surface area is 138 Å². The maximum Gasteiger partial charge on any atom is 0.138 e. The van der Waals surface area contributed by atoms with Gasteiger partial charge in [0.25, 0.3) is 0 Å². The molecule has 24 heavy (non-hydrogen) atoms. The highest BCUT2D eigenvalue weighted by atomic mass is 16.5. The Morgan fingerprint density at radius 2 is 2.17 bits per heavy atom. The van der Waals surface area contributed by atoms with E-state index < -0.39 is 0 Å². The number of fused-ring (bicyclic) bond motifs is 1. The minimum absolute atomic E-state index is 0.0511. The third kappa shape index (κ3) is 2.91. The summed E-state index contributed by atoms with van der Waals surface area (Å²) in [5.74, 6) is 0.690. The molecule has 0 amide bonds. The second-order valence-corrected chi connectivity index (χ2v) is 5.55. The molecule has 0 bridgehead atoms. The van der Waals surface area contributed by atoms with Gasteiger partial charge in [0, 0.05) is 24.2 Å². The predicted octanol–water partition coefficient (Wildman–Crippen LogP) is 0.771. The van der Waals surface area contributed by atoms with Crippen molar-refractivity contribution in [3.63, 3.8) is 0 Å². The lowest BCUT2D eigenvalue weighted by molar-refractivity contribution is 0.264. The van der Waals surface area contributed by atoms with Crippen molar-refractivity contribution < 1.29 is 9.84 Å². The van der Waals surface area contributed by atoms with Gasteiger partial charge in [-0.1, -0.05) is 6.08 Å². The number of aliphatic hydroxyl groups excluding tert-OH is 1. The fraction of sp³-hybridized carbons (Fsp3) is 0.167. The number of nitrogens with one attached hydrogen (secondary N) is 1. The molecule has 0 fully saturated rings. The van der Waals surface area contributed by atoms with Gasteiger partial charge in [-0.15, -0.1) is 0 Å². The number of aliphatic hydroxyl groups is 1. The molecule has 2 N–H and O–H groups in total. The fourth-order valence-corrected chi connectivity index (χ4v) is 2.70. The molecule has 0 saturated heterocycles. The van der Waals surface area contributed by atoms with E-state index in [4.69, 9.17) is 9.84 Å². The van der Waals surface area contributed by atoms with Crippen molar-refractivity contribution in [1.82, 2.24) is 19.9 Å². The van der Waals surface area contributed by atoms with Crippen LogP contribution in [-0.4, -0.2) is 31.1 Å². The number of rotatable bonds is 4. The van der Waals surface area contributed by atoms with Crippen LogP contribution in [-0.2, 0) is 6.61 Å². The molecule has 0 aromatic carbocycles. The Morgan fingerprint density at radius 3 is 2.92 bits per heavy atom. The Morgan fingerprint density at radius 1 is 1.21 bits per heavy atom. The molecule has 4 rings (SSSR count). The first-order valence-electron chi connectivity index (χ1n) is 7.72. The van der Waals surface area contributed by atoms with Gasteiger partial charge in [0.15, 0.2) is 0 Å². The Bertz CT molecular complexity index is 949. The van der Waals surface area contributed by atoms with Crippen molar-refractivity contribution in [1.29, 1.82) is 0 Å². The standard InChI is InChI=1S/C18H16N4O2/c23-11-13-1-2-15(9-21-13)24-14-3-4-16-12(7-14)8-17(22-16)18-10-19-5-6-20-18/h1-2,4-10,14,22-23H,3,11H2. The van der Waals surface area contributed by atoms with Gasteiger partial charge in [-0.3, -0.25) is 15.0 Å². The summed E-state index contributed by atoms with van der Waals surface area (Å²) in [6.45, 7) is -0.0680. The van der Waals surface area contributed by atoms with Crippen LogP contribution in [0.15, 0.2) is 43.0 Å². The van der Waals surface area contributed by atoms with Gasteiger partial charge in [0.05, 0.1) is 30.4 Å². The van der Waals surface area contributed by atoms with Gasteiger partial charge in [-0.25, -0.2) is 0 Å². The summed E-state index contributed by atoms with van der Waals surface area (Å²) < 4.78 is 5.95. The number of H-pyrrole nitrogens is 1. The van der Waals surface area contributed by atoms with Crippen LogP contribution in [0.4, 0.5) is 0 Å². The van der Waals surface area contributed by atoms with Crippen molar-refractivity contribution in [2.75, 3.05) is 0 Å². The number of aromatic amines is 1. The molecular weight excluding hydrogens is 304 g/mol. The minimum atomic E-state index is -0.0680. The van der Waals surface area contributed by atoms with E-state index >= 15 is 0 Å². The lowest BCUT2D eigenvalue weighted by Crippen LogP contribution is -2.31. The number of hydrogen-bond donors (Lipinski definition) is 2. The summed E-state index contributed by atoms with van der Waals surface area (Å²) in [5.41, 5.74) is 2.38. The van der Waals surface area contributed by atoms with Crippen LogP contribution in [0.3, 0.4) is 0 Å². The molecule has 1 aliphatic rings. The molecule has 3 aromatic heterocycles. The third-order valence-corrected chi connectivity index (χ3v) is 3.89. The maximum atomic E-state index is 9.03. The normalized spacial score (nSPS) is 16.0. The van der Waals surface area contributed by atoms with Crippen LogP contribution in [0, 0.1) is 0 Å². The second kappa shape index (κ2) is 6.25. The predicted molar refractivity (Wildman–Crippen MR) is 89.2 cm³/mol. The van der Waals surface area contributed by atoms with E-state index in [0.717, 1.165) is 28.4 Å². The van der Waals surface area contributed by atoms with Crippen molar-refractivity contribution in [3.8, 4) is 17.1 Å². The summed E-state index contributed by atoms with van der Waals surface area (Å²) in [6.07, 6.45) is 11.6. The highest BCUT2D eigenvalue weighted by Gasteiger charge is 2.12. The van der Waals surface area contributed by atoms with E-state index in [9.17, 15) is 0 Å². The number of hydrogen-bond acceptors (Lipinski definition) is 5. The van der Waals surface area contributed by atoms with Crippen molar-refractivity contribution in [2.45, 2.75) is 19.1 Å². The molecule has 1 aliphatic carbocycles. The van der Waals surface area contributed by atoms with Crippen molar-refractivity contribution >= 4 is 12.2 Å². The lowest BCUT2D eigenvalue weighted by Gasteiger charge is -2.15. The average Bonchev–Trinajstić information content (AvgIpc) is 3.06. The summed E-state index contributed by atoms with van der Waals surface area (Å²) in [4.78, 5) is 15.9. The highest BCUT2D eigenvalue weighted by Crippen LogP contribution is 2.15. The maximum absolute atomic E-state index is 9.03. The zero-order valence-corrected chi connectivity index (χ0v) is 12.9. The first-order valence-corrected chi connectivity index (χ1v) is 7.72. The first-order chi connectivity index (χ1) is 11.8. The smallest absolute Gasteiger partial charge is 0.138 e. The quantitative estimate of drug-likeness (QED) is 0.742. The second-order valence-electron chi connectivity index (χ2n) is 5.55. The van der Waals surface area contributed by atoms with Crippen LogP contribution in [0.2, 0.25) is 0 Å². The highest BCUT2D eigenvalue weighted by molar-refractivity contribution is 5.56. The molecule has 3 heterocycles. The largest absolute Gasteiger partial charge is 0.484 e. The van der Waals surface area contributed by atoms with E-state index in [1.54, 1.807) is 30.9 Å². The SMILES string of the molecule is OCc1ccc(OC2C=c3cc(-c4cnccn4)[nH]c3=CC2)cn1. The topological polar surface area (TPSA) is 83.9 Å². The summed E-state index contributed by atoms with van der Waals surface area (Å²) in [5, 5.41) is 11.2. The molecule has 1 atom stereocenters. The minimum Gasteiger partial charge on any atom is -0.484 e. The van der Waals surface area contributed by atoms with E-state index in [0.29, 0.717) is 11.4 Å². The number of ether oxygens (including phenoxy) is 1. The van der Waals surface area contributed by atoms with Gasteiger partial charge in [-0.2, -0.15) is 0 Å². The molecule has 120 valence electrons. The van der Waals surface area contributed by atoms with Crippen LogP contribution < -0.4 is 15.3 Å². The molecule has 6 heteroatoms. The van der Waals surface area contributed by atoms with Crippen LogP contribution in [0.1, 0.15) is 12.1 Å². The van der Waals surface area contributed by atoms with Gasteiger partial charge >= 0.3 is 0 Å². The van der Waals surface area contributed by atoms with E-state index in [2.05, 4.69) is 38.2 Å². The van der Waals surface area contributed by atoms with Crippen LogP contribution in [0.25, 0.3) is 23.5 Å². The summed E-state index contributed by atoms with van der Waals surface area (Å²) in [7, 11) is 0. The molecule has 0 aliphatic heterocycles. The fourth-order valence-electron chi connectivity index (χ4n) is 2.70. The monoisotopic (exact) mass is 320 g/mol. The van der Waals surface area contributed by atoms with Gasteiger partial charge in [0.2, 0.25) is 0 Å². The van der Waals surface area contributed by atoms with Gasteiger partial charge in [0.1, 0.15) is 17.5 Å². The van der Waals surface area contributed by atoms with Crippen LogP contribution in [0.5, 0.6) is 5.75 Å². The Kier molecular flexibility index (Phi) is 3.80. The van der Waals surface area contributed by atoms with E-state index in [-0.39, 0.29) is 12.7 Å². The number of nitrogens with zero attached hydrogens (tertiary/aromatic N) is 3. The zero-order valence-electron chi connectivity index (χ0n) is 12.9. The Hall–Kier alpha value is -2.99. The lowest BCUT2D eigenvalue weighted by atomic mass is 10.1. The van der Waals surface area contributed by atoms with Crippen molar-refractivity contribution in [3.05, 3.63) is 59.2 Å². The number of aromatic nitrogens is 4. The first kappa shape index (κ1) is 14.6. The zero-order chi connectivity index (χ0) is 16.4. The molecule has 0 spiro atoms. The summed E-state index contributed by atoms with van der Waals surface area (Å²) in [6, 6.07) is 5.64. The molecular formula is C18H16N4O2.